The Hall–Kier alpha value is -2.32. The number of hydroxylamine groups is 1. The predicted molar refractivity (Wildman–Crippen MR) is 93.5 cm³/mol. The van der Waals surface area contributed by atoms with E-state index in [2.05, 4.69) is 72.7 Å². The summed E-state index contributed by atoms with van der Waals surface area (Å²) in [5, 5.41) is 4.76. The quantitative estimate of drug-likeness (QED) is 0.630. The summed E-state index contributed by atoms with van der Waals surface area (Å²) in [6.45, 7) is 2.16. The number of nitrogens with zero attached hydrogens (tertiary/aromatic N) is 1. The van der Waals surface area contributed by atoms with Crippen LogP contribution in [0.1, 0.15) is 29.2 Å². The zero-order valence-corrected chi connectivity index (χ0v) is 13.2. The first kappa shape index (κ1) is 13.1. The molecular formula is C21H19NO. The van der Waals surface area contributed by atoms with Gasteiger partial charge in [-0.15, -0.1) is 0 Å². The summed E-state index contributed by atoms with van der Waals surface area (Å²) in [7, 11) is 0. The minimum Gasteiger partial charge on any atom is -0.269 e. The van der Waals surface area contributed by atoms with Crippen molar-refractivity contribution < 1.29 is 4.84 Å². The molecule has 2 aliphatic rings. The molecule has 23 heavy (non-hydrogen) atoms. The lowest BCUT2D eigenvalue weighted by atomic mass is 9.98. The van der Waals surface area contributed by atoms with Crippen molar-refractivity contribution in [1.29, 1.82) is 0 Å². The van der Waals surface area contributed by atoms with Crippen molar-refractivity contribution in [2.45, 2.75) is 31.9 Å². The average Bonchev–Trinajstić information content (AvgIpc) is 2.91. The number of anilines is 1. The maximum atomic E-state index is 6.27. The highest BCUT2D eigenvalue weighted by Gasteiger charge is 2.40. The summed E-state index contributed by atoms with van der Waals surface area (Å²) in [4.78, 5) is 6.27. The van der Waals surface area contributed by atoms with E-state index in [1.54, 1.807) is 0 Å². The minimum absolute atomic E-state index is 0.300. The molecule has 114 valence electrons. The lowest BCUT2D eigenvalue weighted by molar-refractivity contribution is 0.0741. The standard InChI is InChI=1S/C21H19NO/c1-14-5-4-7-16(11-14)20-13-18-12-17-10-9-15-6-2-3-8-19(15)21(17)22(20)23-18/h2-11,18,20H,12-13H2,1H3. The number of rotatable bonds is 1. The molecule has 2 unspecified atom stereocenters. The second-order valence-corrected chi connectivity index (χ2v) is 6.72. The van der Waals surface area contributed by atoms with Crippen LogP contribution in [0.4, 0.5) is 5.69 Å². The molecule has 0 radical (unpaired) electrons. The third kappa shape index (κ3) is 1.98. The van der Waals surface area contributed by atoms with Crippen molar-refractivity contribution in [3.63, 3.8) is 0 Å². The van der Waals surface area contributed by atoms with E-state index >= 15 is 0 Å². The van der Waals surface area contributed by atoms with Crippen LogP contribution < -0.4 is 5.06 Å². The fourth-order valence-corrected chi connectivity index (χ4v) is 4.07. The topological polar surface area (TPSA) is 12.5 Å². The van der Waals surface area contributed by atoms with Gasteiger partial charge in [-0.25, -0.2) is 5.06 Å². The molecule has 5 rings (SSSR count). The van der Waals surface area contributed by atoms with Crippen molar-refractivity contribution >= 4 is 16.5 Å². The van der Waals surface area contributed by atoms with E-state index in [9.17, 15) is 0 Å². The van der Waals surface area contributed by atoms with Crippen LogP contribution in [0.15, 0.2) is 60.7 Å². The van der Waals surface area contributed by atoms with Crippen LogP contribution in [-0.4, -0.2) is 6.10 Å². The number of hydrogen-bond donors (Lipinski definition) is 0. The van der Waals surface area contributed by atoms with E-state index in [1.165, 1.54) is 33.2 Å². The predicted octanol–water partition coefficient (Wildman–Crippen LogP) is 4.96. The Bertz CT molecular complexity index is 901. The highest BCUT2D eigenvalue weighted by atomic mass is 16.7. The Morgan fingerprint density at radius 2 is 1.91 bits per heavy atom. The molecule has 0 saturated carbocycles. The minimum atomic E-state index is 0.300. The van der Waals surface area contributed by atoms with Gasteiger partial charge in [-0.2, -0.15) is 0 Å². The molecule has 2 atom stereocenters. The van der Waals surface area contributed by atoms with Gasteiger partial charge < -0.3 is 0 Å². The molecule has 0 spiro atoms. The summed E-state index contributed by atoms with van der Waals surface area (Å²) in [6, 6.07) is 22.3. The first-order chi connectivity index (χ1) is 11.3. The molecule has 0 aromatic heterocycles. The molecule has 2 heterocycles. The Morgan fingerprint density at radius 3 is 2.83 bits per heavy atom. The van der Waals surface area contributed by atoms with Crippen LogP contribution in [0.2, 0.25) is 0 Å². The fraction of sp³-hybridized carbons (Fsp3) is 0.238. The monoisotopic (exact) mass is 301 g/mol. The van der Waals surface area contributed by atoms with E-state index in [-0.39, 0.29) is 0 Å². The smallest absolute Gasteiger partial charge is 0.0921 e. The summed E-state index contributed by atoms with van der Waals surface area (Å²) in [5.74, 6) is 0. The van der Waals surface area contributed by atoms with Gasteiger partial charge in [0.1, 0.15) is 0 Å². The van der Waals surface area contributed by atoms with Crippen LogP contribution in [-0.2, 0) is 11.3 Å². The van der Waals surface area contributed by atoms with E-state index < -0.39 is 0 Å². The molecule has 0 amide bonds. The molecule has 2 aliphatic heterocycles. The fourth-order valence-electron chi connectivity index (χ4n) is 4.07. The largest absolute Gasteiger partial charge is 0.269 e. The van der Waals surface area contributed by atoms with Crippen LogP contribution in [0, 0.1) is 6.92 Å². The zero-order chi connectivity index (χ0) is 15.4. The van der Waals surface area contributed by atoms with Crippen LogP contribution in [0.3, 0.4) is 0 Å². The number of fused-ring (bicyclic) bond motifs is 6. The molecule has 2 heteroatoms. The van der Waals surface area contributed by atoms with Gasteiger partial charge in [0.05, 0.1) is 17.8 Å². The summed E-state index contributed by atoms with van der Waals surface area (Å²) in [5.41, 5.74) is 5.34. The van der Waals surface area contributed by atoms with Gasteiger partial charge in [-0.1, -0.05) is 66.2 Å². The van der Waals surface area contributed by atoms with Gasteiger partial charge >= 0.3 is 0 Å². The zero-order valence-electron chi connectivity index (χ0n) is 13.2. The molecule has 3 aromatic carbocycles. The van der Waals surface area contributed by atoms with E-state index in [4.69, 9.17) is 4.84 Å². The van der Waals surface area contributed by atoms with Crippen molar-refractivity contribution in [1.82, 2.24) is 0 Å². The molecule has 2 bridgehead atoms. The first-order valence-electron chi connectivity index (χ1n) is 8.33. The summed E-state index contributed by atoms with van der Waals surface area (Å²) < 4.78 is 0. The normalized spacial score (nSPS) is 22.4. The third-order valence-electron chi connectivity index (χ3n) is 5.11. The second-order valence-electron chi connectivity index (χ2n) is 6.72. The lowest BCUT2D eigenvalue weighted by Gasteiger charge is -2.31. The molecular weight excluding hydrogens is 282 g/mol. The maximum Gasteiger partial charge on any atom is 0.0921 e. The second kappa shape index (κ2) is 4.84. The van der Waals surface area contributed by atoms with Gasteiger partial charge in [-0.05, 0) is 23.4 Å². The van der Waals surface area contributed by atoms with Crippen LogP contribution >= 0.6 is 0 Å². The Labute approximate surface area is 136 Å². The van der Waals surface area contributed by atoms with Gasteiger partial charge in [0.25, 0.3) is 0 Å². The first-order valence-corrected chi connectivity index (χ1v) is 8.33. The number of aryl methyl sites for hydroxylation is 1. The van der Waals surface area contributed by atoms with Gasteiger partial charge in [0, 0.05) is 18.2 Å². The van der Waals surface area contributed by atoms with Crippen molar-refractivity contribution in [2.75, 3.05) is 5.06 Å². The van der Waals surface area contributed by atoms with E-state index in [1.807, 2.05) is 0 Å². The van der Waals surface area contributed by atoms with Crippen molar-refractivity contribution in [3.8, 4) is 0 Å². The average molecular weight is 301 g/mol. The third-order valence-corrected chi connectivity index (χ3v) is 5.11. The van der Waals surface area contributed by atoms with E-state index in [0.29, 0.717) is 12.1 Å². The number of benzene rings is 3. The SMILES string of the molecule is Cc1cccc(C2CC3Cc4ccc5ccccc5c4N2O3)c1. The lowest BCUT2D eigenvalue weighted by Crippen LogP contribution is -2.27. The highest BCUT2D eigenvalue weighted by molar-refractivity contribution is 5.96. The van der Waals surface area contributed by atoms with Crippen LogP contribution in [0.25, 0.3) is 10.8 Å². The highest BCUT2D eigenvalue weighted by Crippen LogP contribution is 2.47. The van der Waals surface area contributed by atoms with Crippen molar-refractivity contribution in [2.24, 2.45) is 0 Å². The summed E-state index contributed by atoms with van der Waals surface area (Å²) in [6.07, 6.45) is 2.38. The van der Waals surface area contributed by atoms with Gasteiger partial charge in [0.15, 0.2) is 0 Å². The molecule has 2 nitrogen and oxygen atoms in total. The maximum absolute atomic E-state index is 6.27. The van der Waals surface area contributed by atoms with Crippen LogP contribution in [0.5, 0.6) is 0 Å². The van der Waals surface area contributed by atoms with E-state index in [0.717, 1.165) is 12.8 Å². The summed E-state index contributed by atoms with van der Waals surface area (Å²) >= 11 is 0. The molecule has 0 aliphatic carbocycles. The molecule has 1 saturated heterocycles. The Kier molecular flexibility index (Phi) is 2.77. The Balaban J connectivity index is 1.69. The van der Waals surface area contributed by atoms with Gasteiger partial charge in [0.2, 0.25) is 0 Å². The Morgan fingerprint density at radius 1 is 1.00 bits per heavy atom. The van der Waals surface area contributed by atoms with Gasteiger partial charge in [-0.3, -0.25) is 4.84 Å². The number of hydrogen-bond acceptors (Lipinski definition) is 2. The molecule has 1 fully saturated rings. The molecule has 0 N–H and O–H groups in total. The molecule has 3 aromatic rings. The van der Waals surface area contributed by atoms with Crippen molar-refractivity contribution in [3.05, 3.63) is 77.4 Å².